The third kappa shape index (κ3) is 51.0. The van der Waals surface area contributed by atoms with Gasteiger partial charge in [-0.25, -0.2) is 0 Å². The van der Waals surface area contributed by atoms with Gasteiger partial charge in [-0.1, -0.05) is 72.8 Å². The van der Waals surface area contributed by atoms with Crippen molar-refractivity contribution in [3.8, 4) is 0 Å². The maximum absolute atomic E-state index is 10.6. The van der Waals surface area contributed by atoms with Crippen LogP contribution in [0, 0.1) is 15.0 Å². The molecule has 6 aromatic carbocycles. The van der Waals surface area contributed by atoms with E-state index in [2.05, 4.69) is 282 Å². The smallest absolute Gasteiger partial charge is 0.269 e. The summed E-state index contributed by atoms with van der Waals surface area (Å²) in [5.74, 6) is 0. The van der Waals surface area contributed by atoms with E-state index < -0.39 is 0 Å². The van der Waals surface area contributed by atoms with Crippen LogP contribution in [0.1, 0.15) is 116 Å². The Morgan fingerprint density at radius 2 is 0.477 bits per heavy atom. The number of nitrogens with one attached hydrogen (secondary N) is 9. The van der Waals surface area contributed by atoms with Gasteiger partial charge in [-0.3, -0.25) is 74.1 Å². The van der Waals surface area contributed by atoms with Crippen LogP contribution >= 0.6 is 0 Å². The van der Waals surface area contributed by atoms with Gasteiger partial charge in [-0.2, -0.15) is 0 Å². The van der Waals surface area contributed by atoms with E-state index in [-0.39, 0.29) is 123 Å². The highest BCUT2D eigenvalue weighted by Gasteiger charge is 2.19. The number of nitrogens with zero attached hydrogens (tertiary/aromatic N) is 14. The number of nitrogen functional groups attached to an aromatic ring is 1. The number of nitroso groups, excluding NO2 is 1. The number of nitro groups is 1. The van der Waals surface area contributed by atoms with E-state index in [9.17, 15) is 15.0 Å². The molecule has 0 amide bonds. The molecule has 0 spiro atoms. The number of halogens is 6. The normalized spacial score (nSPS) is 13.5. The van der Waals surface area contributed by atoms with Crippen molar-refractivity contribution in [1.29, 1.82) is 0 Å². The summed E-state index contributed by atoms with van der Waals surface area (Å²) in [6.45, 7) is 42.7. The van der Waals surface area contributed by atoms with Crippen LogP contribution in [0.5, 0.6) is 0 Å². The molecule has 6 aliphatic rings. The topological polar surface area (TPSA) is 372 Å². The Morgan fingerprint density at radius 1 is 0.305 bits per heavy atom. The zero-order valence-electron chi connectivity index (χ0n) is 76.5. The van der Waals surface area contributed by atoms with Gasteiger partial charge in [0.05, 0.1) is 102 Å². The second-order valence-corrected chi connectivity index (χ2v) is 32.5. The maximum atomic E-state index is 10.6. The molecule has 0 saturated heterocycles. The lowest BCUT2D eigenvalue weighted by molar-refractivity contribution is -0.384. The van der Waals surface area contributed by atoms with E-state index in [0.717, 1.165) is 186 Å². The average Bonchev–Trinajstić information content (AvgIpc) is 1.75. The summed E-state index contributed by atoms with van der Waals surface area (Å²) in [6, 6.07) is 49.0. The molecule has 0 fully saturated rings. The van der Waals surface area contributed by atoms with Gasteiger partial charge in [-0.05, 0) is 221 Å². The number of anilines is 4. The molecule has 0 aliphatic carbocycles. The molecular weight excluding hydrogens is 2020 g/mol. The summed E-state index contributed by atoms with van der Waals surface area (Å²) in [4.78, 5) is 47.9. The molecular formula is C90H146Br6N24O8-4. The van der Waals surface area contributed by atoms with Gasteiger partial charge in [-0.15, -0.1) is 4.91 Å². The van der Waals surface area contributed by atoms with Crippen LogP contribution < -0.4 is 156 Å². The minimum absolute atomic E-state index is 0. The Hall–Kier alpha value is -8.00. The molecule has 20 N–H and O–H groups in total. The molecule has 720 valence electrons. The molecule has 0 atom stereocenters. The van der Waals surface area contributed by atoms with Crippen LogP contribution in [0.25, 0.3) is 0 Å². The standard InChI is InChI=1S/C15H22N4O2.3C15H24N4O.C15H22N4O.C15H24N4.6BrH.2H2O/c1-13(2)16-11-18-10-9-17(12-18)8-7-14-3-5-15(6-4-14)19(20)21;4*1-13(2)16-11-19-10-9-18(12-19)8-7-14-3-5-15(17-20)6-4-14;1-13(2)17-11-19-10-9-18(12-19)8-7-14-3-5-15(16)6-4-14;;;;;;;;/h3-6,9-10,13,16H,7-8,11-12H2,1-2H3;3*3-6,9-10,13,16-17,20H,7-8,11-12H2,1-2H3;3-6,9-10,13,16H,7-8,11-12H2,1-2H3;3-6,9-10,13,17H,7-8,11-12,16H2,1-2H3;6*1H;2*1H2/p-4. The van der Waals surface area contributed by atoms with Crippen LogP contribution in [0.2, 0.25) is 0 Å². The molecule has 128 heavy (non-hydrogen) atoms. The second kappa shape index (κ2) is 69.0. The Balaban J connectivity index is 0. The first-order chi connectivity index (χ1) is 57.8. The van der Waals surface area contributed by atoms with Crippen molar-refractivity contribution >= 4 is 34.1 Å². The molecule has 0 radical (unpaired) electrons. The zero-order valence-corrected chi connectivity index (χ0v) is 86.1. The Morgan fingerprint density at radius 3 is 0.648 bits per heavy atom. The van der Waals surface area contributed by atoms with E-state index >= 15 is 0 Å². The minimum Gasteiger partial charge on any atom is -1.00 e. The Bertz CT molecular complexity index is 3830. The van der Waals surface area contributed by atoms with Crippen LogP contribution in [0.3, 0.4) is 0 Å². The van der Waals surface area contributed by atoms with Crippen molar-refractivity contribution in [2.24, 2.45) is 5.18 Å². The van der Waals surface area contributed by atoms with E-state index in [1.807, 2.05) is 109 Å². The van der Waals surface area contributed by atoms with Gasteiger partial charge < -0.3 is 177 Å². The van der Waals surface area contributed by atoms with Crippen molar-refractivity contribution in [2.45, 2.75) is 158 Å². The first-order valence-electron chi connectivity index (χ1n) is 42.2. The van der Waals surface area contributed by atoms with Crippen molar-refractivity contribution in [3.05, 3.63) is 268 Å². The average molecular weight is 2170 g/mol. The summed E-state index contributed by atoms with van der Waals surface area (Å²) < 4.78 is 0. The molecule has 0 unspecified atom stereocenters. The first-order valence-corrected chi connectivity index (χ1v) is 42.2. The zero-order chi connectivity index (χ0) is 86.4. The van der Waals surface area contributed by atoms with Gasteiger partial charge in [0.15, 0.2) is 0 Å². The fourth-order valence-electron chi connectivity index (χ4n) is 12.4. The molecule has 32 nitrogen and oxygen atoms in total. The number of hydrogen-bond acceptors (Lipinski definition) is 29. The number of nitrogens with two attached hydrogens (primary N) is 1. The van der Waals surface area contributed by atoms with Gasteiger partial charge in [0.25, 0.3) is 5.69 Å². The third-order valence-corrected chi connectivity index (χ3v) is 19.9. The van der Waals surface area contributed by atoms with Crippen LogP contribution in [0.4, 0.5) is 34.1 Å². The predicted molar refractivity (Wildman–Crippen MR) is 498 cm³/mol. The van der Waals surface area contributed by atoms with Gasteiger partial charge >= 0.3 is 0 Å². The quantitative estimate of drug-likeness (QED) is 0.00558. The highest BCUT2D eigenvalue weighted by atomic mass is 79.9. The monoisotopic (exact) mass is 2160 g/mol. The number of hydrogen-bond donors (Lipinski definition) is 13. The molecule has 6 aliphatic heterocycles. The maximum Gasteiger partial charge on any atom is 0.269 e. The minimum atomic E-state index is -0.368. The third-order valence-electron chi connectivity index (χ3n) is 19.9. The fourth-order valence-corrected chi connectivity index (χ4v) is 12.4. The SMILES string of the molecule is CC(C)NCN1C=CN(CCc2ccc(N)cc2)C1.CC(C)NCN1C=CN(CCc2ccc(N=O)cc2)C1.CC(C)NCN1C=CN(CCc2ccc(NO)cc2)C1.CC(C)NCN1C=CN(CCc2ccc(NO)cc2)C1.CC(C)NCN1C=CN(CCc2ccc(NO)cc2)C1.CC(C)NCN1C=CN(CCc2ccc([N+](=O)[O-])cc2)C1.[Br-].[Br-].[Br-].[Br-].[Br-].[Br-].[OH3+].[OH3+]. The number of non-ortho nitro benzene ring substituents is 1. The van der Waals surface area contributed by atoms with E-state index in [4.69, 9.17) is 21.4 Å². The lowest BCUT2D eigenvalue weighted by Gasteiger charge is -2.22. The molecule has 0 saturated carbocycles. The molecule has 6 aromatic rings. The first kappa shape index (κ1) is 122. The largest absolute Gasteiger partial charge is 1.00 e. The number of benzene rings is 6. The van der Waals surface area contributed by atoms with Crippen LogP contribution in [0.15, 0.2) is 225 Å². The van der Waals surface area contributed by atoms with Crippen molar-refractivity contribution < 1.29 is 133 Å². The van der Waals surface area contributed by atoms with Crippen molar-refractivity contribution in [1.82, 2.24) is 90.7 Å². The summed E-state index contributed by atoms with van der Waals surface area (Å²) in [6.07, 6.45) is 31.5. The van der Waals surface area contributed by atoms with Gasteiger partial charge in [0, 0.05) is 168 Å². The fraction of sp³-hybridized carbons (Fsp3) is 0.467. The predicted octanol–water partition coefficient (Wildman–Crippen LogP) is -7.14. The van der Waals surface area contributed by atoms with Crippen LogP contribution in [-0.4, -0.2) is 235 Å². The second-order valence-electron chi connectivity index (χ2n) is 32.5. The number of nitro benzene ring substituents is 1. The highest BCUT2D eigenvalue weighted by molar-refractivity contribution is 5.45. The van der Waals surface area contributed by atoms with E-state index in [1.165, 1.54) is 27.8 Å². The molecule has 6 heterocycles. The lowest BCUT2D eigenvalue weighted by atomic mass is 10.1. The number of rotatable bonds is 41. The molecule has 12 rings (SSSR count). The van der Waals surface area contributed by atoms with E-state index in [1.54, 1.807) is 24.3 Å². The summed E-state index contributed by atoms with van der Waals surface area (Å²) in [5, 5.41) is 60.3. The Labute approximate surface area is 824 Å². The van der Waals surface area contributed by atoms with Crippen molar-refractivity contribution in [3.63, 3.8) is 0 Å². The lowest BCUT2D eigenvalue weighted by Crippen LogP contribution is -3.00. The summed E-state index contributed by atoms with van der Waals surface area (Å²) in [5.41, 5.74) is 23.3. The summed E-state index contributed by atoms with van der Waals surface area (Å²) >= 11 is 0. The van der Waals surface area contributed by atoms with Crippen molar-refractivity contribution in [2.75, 3.05) is 141 Å². The molecule has 0 aromatic heterocycles. The van der Waals surface area contributed by atoms with Gasteiger partial charge in [0.2, 0.25) is 0 Å². The Kier molecular flexibility index (Phi) is 65.8. The van der Waals surface area contributed by atoms with Crippen LogP contribution in [-0.2, 0) is 49.5 Å². The van der Waals surface area contributed by atoms with E-state index in [0.29, 0.717) is 41.9 Å². The highest BCUT2D eigenvalue weighted by Crippen LogP contribution is 2.20. The molecule has 38 heteroatoms. The molecule has 0 bridgehead atoms. The van der Waals surface area contributed by atoms with Gasteiger partial charge in [0.1, 0.15) is 5.69 Å². The summed E-state index contributed by atoms with van der Waals surface area (Å²) in [7, 11) is 0.